The van der Waals surface area contributed by atoms with E-state index in [-0.39, 0.29) is 11.9 Å². The fourth-order valence-corrected chi connectivity index (χ4v) is 3.32. The van der Waals surface area contributed by atoms with Crippen molar-refractivity contribution in [3.05, 3.63) is 59.2 Å². The molecule has 0 aliphatic rings. The Morgan fingerprint density at radius 3 is 2.25 bits per heavy atom. The number of carbonyl (C=O) groups is 1. The van der Waals surface area contributed by atoms with Crippen molar-refractivity contribution in [1.29, 1.82) is 0 Å². The Morgan fingerprint density at radius 2 is 1.68 bits per heavy atom. The summed E-state index contributed by atoms with van der Waals surface area (Å²) < 4.78 is 30.1. The van der Waals surface area contributed by atoms with Crippen LogP contribution in [0.15, 0.2) is 42.5 Å². The van der Waals surface area contributed by atoms with Gasteiger partial charge in [-0.1, -0.05) is 23.8 Å². The maximum atomic E-state index is 12.5. The third kappa shape index (κ3) is 5.48. The van der Waals surface area contributed by atoms with Crippen molar-refractivity contribution in [3.63, 3.8) is 0 Å². The molecule has 152 valence electrons. The first-order valence-corrected chi connectivity index (χ1v) is 10.9. The number of nitrogens with zero attached hydrogens (tertiary/aromatic N) is 1. The Kier molecular flexibility index (Phi) is 6.72. The molecule has 0 heterocycles. The summed E-state index contributed by atoms with van der Waals surface area (Å²) >= 11 is 0. The predicted octanol–water partition coefficient (Wildman–Crippen LogP) is 3.34. The molecular weight excluding hydrogens is 376 g/mol. The lowest BCUT2D eigenvalue weighted by atomic mass is 10.00. The molecule has 7 heteroatoms. The van der Waals surface area contributed by atoms with Crippen LogP contribution in [-0.4, -0.2) is 33.7 Å². The van der Waals surface area contributed by atoms with Crippen molar-refractivity contribution in [2.75, 3.05) is 17.6 Å². The number of anilines is 1. The van der Waals surface area contributed by atoms with Gasteiger partial charge in [0.25, 0.3) is 5.91 Å². The van der Waals surface area contributed by atoms with Crippen molar-refractivity contribution >= 4 is 21.6 Å². The average molecular weight is 405 g/mol. The Labute approximate surface area is 167 Å². The van der Waals surface area contributed by atoms with Gasteiger partial charge in [-0.3, -0.25) is 9.10 Å². The highest BCUT2D eigenvalue weighted by Gasteiger charge is 2.19. The van der Waals surface area contributed by atoms with E-state index in [0.29, 0.717) is 11.4 Å². The highest BCUT2D eigenvalue weighted by atomic mass is 32.2. The molecule has 0 aromatic heterocycles. The standard InChI is InChI=1S/C21H28N2O4S/c1-14-7-8-15(2)20(13-14)16(3)22-21(24)17(4)27-19-11-9-18(10-12-19)23(5)28(6,25)26/h7-13,16-17H,1-6H3,(H,22,24)/t16-,17-/m0/s1. The second kappa shape index (κ2) is 8.65. The molecule has 6 nitrogen and oxygen atoms in total. The number of sulfonamides is 1. The first-order chi connectivity index (χ1) is 13.0. The quantitative estimate of drug-likeness (QED) is 0.768. The van der Waals surface area contributed by atoms with E-state index in [1.54, 1.807) is 31.2 Å². The van der Waals surface area contributed by atoms with E-state index in [1.807, 2.05) is 32.9 Å². The number of ether oxygens (including phenoxy) is 1. The fraction of sp³-hybridized carbons (Fsp3) is 0.381. The SMILES string of the molecule is Cc1ccc(C)c([C@H](C)NC(=O)[C@H](C)Oc2ccc(N(C)S(C)(=O)=O)cc2)c1. The maximum Gasteiger partial charge on any atom is 0.261 e. The number of nitrogens with one attached hydrogen (secondary N) is 1. The topological polar surface area (TPSA) is 75.7 Å². The van der Waals surface area contributed by atoms with Crippen molar-refractivity contribution < 1.29 is 17.9 Å². The lowest BCUT2D eigenvalue weighted by molar-refractivity contribution is -0.127. The van der Waals surface area contributed by atoms with Gasteiger partial charge in [-0.05, 0) is 63.1 Å². The van der Waals surface area contributed by atoms with Crippen molar-refractivity contribution in [2.45, 2.75) is 39.8 Å². The molecule has 2 aromatic rings. The molecule has 0 saturated heterocycles. The number of hydrogen-bond acceptors (Lipinski definition) is 4. The zero-order valence-electron chi connectivity index (χ0n) is 17.2. The molecule has 0 saturated carbocycles. The van der Waals surface area contributed by atoms with Crippen molar-refractivity contribution in [1.82, 2.24) is 5.32 Å². The average Bonchev–Trinajstić information content (AvgIpc) is 2.62. The summed E-state index contributed by atoms with van der Waals surface area (Å²) in [6.07, 6.45) is 0.451. The third-order valence-electron chi connectivity index (χ3n) is 4.64. The van der Waals surface area contributed by atoms with Crippen LogP contribution in [0.2, 0.25) is 0 Å². The minimum Gasteiger partial charge on any atom is -0.481 e. The molecule has 0 unspecified atom stereocenters. The van der Waals surface area contributed by atoms with Crippen LogP contribution < -0.4 is 14.4 Å². The Bertz CT molecular complexity index is 939. The summed E-state index contributed by atoms with van der Waals surface area (Å²) in [6.45, 7) is 7.67. The van der Waals surface area contributed by atoms with Crippen LogP contribution in [0.3, 0.4) is 0 Å². The lowest BCUT2D eigenvalue weighted by Gasteiger charge is -2.21. The summed E-state index contributed by atoms with van der Waals surface area (Å²) in [6, 6.07) is 12.6. The Hall–Kier alpha value is -2.54. The predicted molar refractivity (Wildman–Crippen MR) is 112 cm³/mol. The molecule has 0 bridgehead atoms. The third-order valence-corrected chi connectivity index (χ3v) is 5.85. The number of amides is 1. The van der Waals surface area contributed by atoms with Gasteiger partial charge in [-0.2, -0.15) is 0 Å². The van der Waals surface area contributed by atoms with Gasteiger partial charge in [0, 0.05) is 7.05 Å². The van der Waals surface area contributed by atoms with Crippen LogP contribution in [0.1, 0.15) is 36.6 Å². The summed E-state index contributed by atoms with van der Waals surface area (Å²) in [4.78, 5) is 12.5. The zero-order valence-corrected chi connectivity index (χ0v) is 18.0. The molecule has 0 radical (unpaired) electrons. The molecule has 2 rings (SSSR count). The van der Waals surface area contributed by atoms with Gasteiger partial charge in [0.2, 0.25) is 10.0 Å². The van der Waals surface area contributed by atoms with E-state index in [1.165, 1.54) is 11.4 Å². The van der Waals surface area contributed by atoms with Crippen LogP contribution in [0, 0.1) is 13.8 Å². The largest absolute Gasteiger partial charge is 0.481 e. The van der Waals surface area contributed by atoms with E-state index >= 15 is 0 Å². The van der Waals surface area contributed by atoms with E-state index in [2.05, 4.69) is 11.4 Å². The molecule has 0 fully saturated rings. The van der Waals surface area contributed by atoms with Crippen LogP contribution >= 0.6 is 0 Å². The molecule has 1 amide bonds. The smallest absolute Gasteiger partial charge is 0.261 e. The number of hydrogen-bond donors (Lipinski definition) is 1. The minimum atomic E-state index is -3.32. The molecular formula is C21H28N2O4S. The molecule has 28 heavy (non-hydrogen) atoms. The highest BCUT2D eigenvalue weighted by molar-refractivity contribution is 7.92. The first-order valence-electron chi connectivity index (χ1n) is 9.07. The van der Waals surface area contributed by atoms with Gasteiger partial charge in [0.15, 0.2) is 6.10 Å². The van der Waals surface area contributed by atoms with E-state index < -0.39 is 16.1 Å². The highest BCUT2D eigenvalue weighted by Crippen LogP contribution is 2.22. The molecule has 2 atom stereocenters. The lowest BCUT2D eigenvalue weighted by Crippen LogP contribution is -2.38. The summed E-state index contributed by atoms with van der Waals surface area (Å²) in [5, 5.41) is 2.98. The minimum absolute atomic E-state index is 0.135. The van der Waals surface area contributed by atoms with Gasteiger partial charge in [0.1, 0.15) is 5.75 Å². The van der Waals surface area contributed by atoms with E-state index in [4.69, 9.17) is 4.74 Å². The van der Waals surface area contributed by atoms with Crippen molar-refractivity contribution in [3.8, 4) is 5.75 Å². The van der Waals surface area contributed by atoms with Gasteiger partial charge in [-0.25, -0.2) is 8.42 Å². The molecule has 0 spiro atoms. The second-order valence-electron chi connectivity index (χ2n) is 7.07. The van der Waals surface area contributed by atoms with Crippen LogP contribution in [0.25, 0.3) is 0 Å². The van der Waals surface area contributed by atoms with E-state index in [0.717, 1.165) is 22.9 Å². The summed E-state index contributed by atoms with van der Waals surface area (Å²) in [7, 11) is -1.84. The van der Waals surface area contributed by atoms with Gasteiger partial charge >= 0.3 is 0 Å². The van der Waals surface area contributed by atoms with Gasteiger partial charge in [-0.15, -0.1) is 0 Å². The van der Waals surface area contributed by atoms with E-state index in [9.17, 15) is 13.2 Å². The number of aryl methyl sites for hydroxylation is 2. The second-order valence-corrected chi connectivity index (χ2v) is 9.09. The maximum absolute atomic E-state index is 12.5. The fourth-order valence-electron chi connectivity index (χ4n) is 2.82. The molecule has 2 aromatic carbocycles. The number of benzene rings is 2. The van der Waals surface area contributed by atoms with Crippen LogP contribution in [0.4, 0.5) is 5.69 Å². The first kappa shape index (κ1) is 21.8. The Morgan fingerprint density at radius 1 is 1.07 bits per heavy atom. The number of rotatable bonds is 7. The zero-order chi connectivity index (χ0) is 21.1. The molecule has 1 N–H and O–H groups in total. The molecule has 0 aliphatic heterocycles. The van der Waals surface area contributed by atoms with Crippen molar-refractivity contribution in [2.24, 2.45) is 0 Å². The van der Waals surface area contributed by atoms with Gasteiger partial charge in [0.05, 0.1) is 18.0 Å². The summed E-state index contributed by atoms with van der Waals surface area (Å²) in [5.41, 5.74) is 3.87. The summed E-state index contributed by atoms with van der Waals surface area (Å²) in [5.74, 6) is 0.276. The van der Waals surface area contributed by atoms with Crippen LogP contribution in [0.5, 0.6) is 5.75 Å². The monoisotopic (exact) mass is 404 g/mol. The normalized spacial score (nSPS) is 13.5. The van der Waals surface area contributed by atoms with Gasteiger partial charge < -0.3 is 10.1 Å². The molecule has 0 aliphatic carbocycles. The number of carbonyl (C=O) groups excluding carboxylic acids is 1. The van der Waals surface area contributed by atoms with Crippen LogP contribution in [-0.2, 0) is 14.8 Å². The Balaban J connectivity index is 2.01.